The van der Waals surface area contributed by atoms with Gasteiger partial charge in [-0.2, -0.15) is 5.01 Å². The molecule has 2 amide bonds. The number of rotatable bonds is 10. The Labute approximate surface area is 370 Å². The first-order valence-corrected chi connectivity index (χ1v) is 20.9. The number of carbonyl (C=O) groups is 2. The molecule has 1 saturated carbocycles. The number of phenols is 1. The number of imide groups is 1. The normalized spacial score (nSPS) is 20.3. The van der Waals surface area contributed by atoms with Crippen LogP contribution in [0.25, 0.3) is 11.0 Å². The summed E-state index contributed by atoms with van der Waals surface area (Å²) >= 11 is 9.92. The molecule has 1 saturated heterocycles. The van der Waals surface area contributed by atoms with Crippen LogP contribution in [0.3, 0.4) is 0 Å². The highest BCUT2D eigenvalue weighted by Crippen LogP contribution is 2.63. The van der Waals surface area contributed by atoms with Gasteiger partial charge in [-0.1, -0.05) is 45.7 Å². The highest BCUT2D eigenvalue weighted by Gasteiger charge is 2.69. The number of nitrogens with one attached hydrogen (secondary N) is 1. The Kier molecular flexibility index (Phi) is 10.3. The van der Waals surface area contributed by atoms with Gasteiger partial charge in [-0.05, 0) is 66.1 Å². The molecular formula is C44H38BrClFN7O9. The topological polar surface area (TPSA) is 181 Å². The summed E-state index contributed by atoms with van der Waals surface area (Å²) in [4.78, 5) is 77.5. The van der Waals surface area contributed by atoms with Crippen molar-refractivity contribution in [3.8, 4) is 23.0 Å². The van der Waals surface area contributed by atoms with Gasteiger partial charge >= 0.3 is 11.4 Å². The van der Waals surface area contributed by atoms with E-state index in [1.54, 1.807) is 61.7 Å². The van der Waals surface area contributed by atoms with Crippen LogP contribution in [-0.4, -0.2) is 66.7 Å². The Morgan fingerprint density at radius 3 is 2.29 bits per heavy atom. The number of aryl methyl sites for hydroxylation is 2. The Balaban J connectivity index is 1.19. The third-order valence-corrected chi connectivity index (χ3v) is 13.1. The van der Waals surface area contributed by atoms with Gasteiger partial charge < -0.3 is 23.9 Å². The smallest absolute Gasteiger partial charge is 0.347 e. The Hall–Kier alpha value is -6.66. The summed E-state index contributed by atoms with van der Waals surface area (Å²) in [6.07, 6.45) is 1.52. The fourth-order valence-corrected chi connectivity index (χ4v) is 10.1. The molecule has 3 aliphatic rings. The average molecular weight is 943 g/mol. The summed E-state index contributed by atoms with van der Waals surface area (Å²) in [5, 5.41) is 13.2. The number of halogens is 3. The maximum atomic E-state index is 15.4. The monoisotopic (exact) mass is 941 g/mol. The van der Waals surface area contributed by atoms with Crippen molar-refractivity contribution < 1.29 is 33.3 Å². The van der Waals surface area contributed by atoms with E-state index in [4.69, 9.17) is 25.8 Å². The maximum absolute atomic E-state index is 15.4. The van der Waals surface area contributed by atoms with Crippen molar-refractivity contribution in [1.29, 1.82) is 0 Å². The summed E-state index contributed by atoms with van der Waals surface area (Å²) in [6.45, 7) is -0.334. The zero-order chi connectivity index (χ0) is 44.6. The Bertz CT molecular complexity index is 3110. The van der Waals surface area contributed by atoms with Crippen LogP contribution >= 0.6 is 27.5 Å². The molecule has 63 heavy (non-hydrogen) atoms. The van der Waals surface area contributed by atoms with Crippen molar-refractivity contribution in [3.63, 3.8) is 0 Å². The highest BCUT2D eigenvalue weighted by atomic mass is 79.9. The molecule has 6 aromatic rings. The van der Waals surface area contributed by atoms with Crippen LogP contribution in [0.2, 0.25) is 5.02 Å². The molecule has 4 heterocycles. The number of carbonyl (C=O) groups excluding carboxylic acids is 2. The second-order valence-electron chi connectivity index (χ2n) is 15.5. The molecule has 2 N–H and O–H groups in total. The lowest BCUT2D eigenvalue weighted by molar-refractivity contribution is -0.138. The minimum atomic E-state index is -1.77. The first kappa shape index (κ1) is 41.7. The zero-order valence-corrected chi connectivity index (χ0v) is 36.4. The molecule has 2 fully saturated rings. The van der Waals surface area contributed by atoms with E-state index in [2.05, 4.69) is 26.3 Å². The van der Waals surface area contributed by atoms with Gasteiger partial charge in [0.1, 0.15) is 11.5 Å². The highest BCUT2D eigenvalue weighted by molar-refractivity contribution is 9.10. The zero-order valence-electron chi connectivity index (χ0n) is 34.1. The number of phenolic OH excluding ortho intramolecular Hbond substituents is 1. The Morgan fingerprint density at radius 1 is 0.921 bits per heavy atom. The fraction of sp³-hybridized carbons (Fsp3) is 0.273. The van der Waals surface area contributed by atoms with Gasteiger partial charge in [0.15, 0.2) is 23.0 Å². The third kappa shape index (κ3) is 6.36. The van der Waals surface area contributed by atoms with Gasteiger partial charge in [0.25, 0.3) is 17.4 Å². The standard InChI is InChI=1S/C44H38BrClFN7O9/c1-50-33-21-35(62-3)34(61-2)20-31(33)48-30(40(50)57)14-15-51-42(59)52-16-13-27-32(54(52)43(51)60)19-29-39(56)53(49-26-11-9-25(47)10-12-26)41(58)44(29,22-5-7-24(46)8-6-22)37(27)28-17-23(45)18-36(63-4)38(28)55/h5-13,17-18,20-21,29,32,37,49,55H,14-16,19H2,1-4H3. The first-order chi connectivity index (χ1) is 30.2. The molecule has 19 heteroatoms. The number of methoxy groups -OCH3 is 3. The van der Waals surface area contributed by atoms with Gasteiger partial charge in [-0.15, -0.1) is 0 Å². The summed E-state index contributed by atoms with van der Waals surface area (Å²) in [6, 6.07) is 17.1. The number of hydrazine groups is 1. The number of hydrogen-bond acceptors (Lipinski definition) is 11. The van der Waals surface area contributed by atoms with E-state index >= 15 is 4.79 Å². The van der Waals surface area contributed by atoms with Crippen molar-refractivity contribution >= 4 is 56.1 Å². The van der Waals surface area contributed by atoms with Crippen LogP contribution in [-0.2, 0) is 41.6 Å². The van der Waals surface area contributed by atoms with Gasteiger partial charge in [-0.25, -0.2) is 32.9 Å². The van der Waals surface area contributed by atoms with Crippen LogP contribution in [0.1, 0.15) is 35.2 Å². The number of benzene rings is 4. The van der Waals surface area contributed by atoms with Gasteiger partial charge in [-0.3, -0.25) is 19.8 Å². The maximum Gasteiger partial charge on any atom is 0.347 e. The van der Waals surface area contributed by atoms with E-state index in [-0.39, 0.29) is 54.4 Å². The minimum absolute atomic E-state index is 0.0741. The van der Waals surface area contributed by atoms with E-state index in [0.29, 0.717) is 43.2 Å². The number of fused-ring (bicyclic) bond motifs is 5. The van der Waals surface area contributed by atoms with E-state index in [1.165, 1.54) is 59.5 Å². The van der Waals surface area contributed by atoms with Crippen molar-refractivity contribution in [2.75, 3.05) is 26.8 Å². The van der Waals surface area contributed by atoms with Crippen LogP contribution < -0.4 is 36.6 Å². The van der Waals surface area contributed by atoms with Crippen LogP contribution in [0.15, 0.2) is 103 Å². The number of aromatic hydroxyl groups is 1. The second kappa shape index (κ2) is 15.6. The van der Waals surface area contributed by atoms with Crippen molar-refractivity contribution in [1.82, 2.24) is 28.5 Å². The largest absolute Gasteiger partial charge is 0.504 e. The number of ether oxygens (including phenoxy) is 3. The van der Waals surface area contributed by atoms with Crippen LogP contribution in [0.5, 0.6) is 23.0 Å². The molecule has 0 spiro atoms. The predicted molar refractivity (Wildman–Crippen MR) is 232 cm³/mol. The van der Waals surface area contributed by atoms with Crippen LogP contribution in [0.4, 0.5) is 10.1 Å². The molecule has 0 radical (unpaired) electrons. The van der Waals surface area contributed by atoms with Crippen molar-refractivity contribution in [3.05, 3.63) is 148 Å². The quantitative estimate of drug-likeness (QED) is 0.136. The molecule has 2 aliphatic heterocycles. The molecule has 4 atom stereocenters. The fourth-order valence-electron chi connectivity index (χ4n) is 9.56. The summed E-state index contributed by atoms with van der Waals surface area (Å²) in [5.41, 5.74) is 1.66. The molecule has 4 unspecified atom stereocenters. The SMILES string of the molecule is COc1cc2nc(CCn3c(=O)n4n(c3=O)C3CC5C(=O)N(Nc6ccc(F)cc6)C(=O)C5(c5ccc(Cl)cc5)C(c5cc(Br)cc(OC)c5O)C3=CC4)c(=O)n(C)c2cc1OC. The van der Waals surface area contributed by atoms with Gasteiger partial charge in [0.05, 0.1) is 62.0 Å². The molecule has 16 nitrogen and oxygen atoms in total. The third-order valence-electron chi connectivity index (χ3n) is 12.4. The van der Waals surface area contributed by atoms with Gasteiger partial charge in [0, 0.05) is 53.1 Å². The first-order valence-electron chi connectivity index (χ1n) is 19.7. The molecule has 9 rings (SSSR count). The van der Waals surface area contributed by atoms with Crippen molar-refractivity contribution in [2.45, 2.75) is 43.3 Å². The van der Waals surface area contributed by atoms with E-state index < -0.39 is 57.9 Å². The van der Waals surface area contributed by atoms with Crippen LogP contribution in [0, 0.1) is 11.7 Å². The van der Waals surface area contributed by atoms with E-state index in [1.807, 2.05) is 0 Å². The number of hydrogen-bond donors (Lipinski definition) is 2. The summed E-state index contributed by atoms with van der Waals surface area (Å²) in [7, 11) is 5.92. The van der Waals surface area contributed by atoms with E-state index in [9.17, 15) is 28.7 Å². The van der Waals surface area contributed by atoms with E-state index in [0.717, 1.165) is 9.58 Å². The second-order valence-corrected chi connectivity index (χ2v) is 16.8. The number of aromatic nitrogens is 5. The summed E-state index contributed by atoms with van der Waals surface area (Å²) < 4.78 is 35.9. The van der Waals surface area contributed by atoms with Gasteiger partial charge in [0.2, 0.25) is 0 Å². The lowest BCUT2D eigenvalue weighted by Crippen LogP contribution is -2.53. The molecule has 1 aliphatic carbocycles. The minimum Gasteiger partial charge on any atom is -0.504 e. The molecule has 324 valence electrons. The lowest BCUT2D eigenvalue weighted by Gasteiger charge is -2.49. The summed E-state index contributed by atoms with van der Waals surface area (Å²) in [5.74, 6) is -3.66. The lowest BCUT2D eigenvalue weighted by atomic mass is 9.53. The molecular weight excluding hydrogens is 905 g/mol. The molecule has 0 bridgehead atoms. The van der Waals surface area contributed by atoms with Crippen molar-refractivity contribution in [2.24, 2.45) is 13.0 Å². The Morgan fingerprint density at radius 2 is 1.60 bits per heavy atom. The molecule has 4 aromatic carbocycles. The number of nitrogens with zero attached hydrogens (tertiary/aromatic N) is 6. The number of anilines is 1. The predicted octanol–water partition coefficient (Wildman–Crippen LogP) is 5.21. The molecule has 2 aromatic heterocycles. The number of allylic oxidation sites excluding steroid dienone is 2. The number of amides is 2. The average Bonchev–Trinajstić information content (AvgIpc) is 3.65.